The lowest BCUT2D eigenvalue weighted by Crippen LogP contribution is -2.28. The van der Waals surface area contributed by atoms with E-state index in [1.54, 1.807) is 56.5 Å². The molecule has 234 valence electrons. The standard InChI is InChI=1S/C30H34N3O9PS/c1-4-39-30(36)21(2)41-43(42-24-10-6-5-7-11-24)18-17-31-29(35)16-15-27(34)22-9-8-12-25(19-22)40-28-20-23(33(37)38)13-14-26(28)32-44-3/h5-14,19-21,32H,4,15-18H2,1-3H3,(H,31,35)/t21-,43?/m1/s1. The molecular weight excluding hydrogens is 609 g/mol. The number of rotatable bonds is 18. The van der Waals surface area contributed by atoms with Gasteiger partial charge in [0.15, 0.2) is 17.6 Å². The number of anilines is 1. The van der Waals surface area contributed by atoms with Crippen LogP contribution >= 0.6 is 20.3 Å². The Balaban J connectivity index is 1.54. The molecule has 12 nitrogen and oxygen atoms in total. The summed E-state index contributed by atoms with van der Waals surface area (Å²) in [5.74, 6) is 0.00980. The van der Waals surface area contributed by atoms with Crippen LogP contribution in [0, 0.1) is 10.1 Å². The number of ether oxygens (including phenoxy) is 2. The molecule has 14 heteroatoms. The monoisotopic (exact) mass is 643 g/mol. The first-order chi connectivity index (χ1) is 21.2. The van der Waals surface area contributed by atoms with Gasteiger partial charge >= 0.3 is 5.97 Å². The highest BCUT2D eigenvalue weighted by Crippen LogP contribution is 2.40. The first kappa shape index (κ1) is 34.3. The molecule has 0 aliphatic heterocycles. The summed E-state index contributed by atoms with van der Waals surface area (Å²) in [7, 11) is -1.58. The molecule has 0 radical (unpaired) electrons. The minimum atomic E-state index is -1.58. The van der Waals surface area contributed by atoms with Crippen LogP contribution in [0.25, 0.3) is 0 Å². The Hall–Kier alpha value is -4.19. The largest absolute Gasteiger partial charge is 0.464 e. The second-order valence-electron chi connectivity index (χ2n) is 9.11. The van der Waals surface area contributed by atoms with Crippen LogP contribution in [0.15, 0.2) is 72.8 Å². The number of carbonyl (C=O) groups excluding carboxylic acids is 3. The van der Waals surface area contributed by atoms with Crippen molar-refractivity contribution in [1.29, 1.82) is 0 Å². The molecule has 0 aliphatic rings. The zero-order valence-corrected chi connectivity index (χ0v) is 26.2. The lowest BCUT2D eigenvalue weighted by Gasteiger charge is -2.21. The molecule has 3 rings (SSSR count). The predicted octanol–water partition coefficient (Wildman–Crippen LogP) is 6.52. The third-order valence-corrected chi connectivity index (χ3v) is 7.79. The molecule has 2 atom stereocenters. The molecule has 3 aromatic rings. The van der Waals surface area contributed by atoms with Gasteiger partial charge in [-0.1, -0.05) is 42.3 Å². The summed E-state index contributed by atoms with van der Waals surface area (Å²) in [4.78, 5) is 48.1. The van der Waals surface area contributed by atoms with Crippen molar-refractivity contribution in [1.82, 2.24) is 5.32 Å². The van der Waals surface area contributed by atoms with E-state index in [9.17, 15) is 24.5 Å². The van der Waals surface area contributed by atoms with Crippen molar-refractivity contribution in [2.24, 2.45) is 0 Å². The highest BCUT2D eigenvalue weighted by molar-refractivity contribution is 7.99. The summed E-state index contributed by atoms with van der Waals surface area (Å²) < 4.78 is 25.6. The minimum absolute atomic E-state index is 0.0446. The molecule has 3 aromatic carbocycles. The van der Waals surface area contributed by atoms with Crippen molar-refractivity contribution in [3.8, 4) is 17.2 Å². The highest BCUT2D eigenvalue weighted by atomic mass is 32.2. The molecule has 44 heavy (non-hydrogen) atoms. The summed E-state index contributed by atoms with van der Waals surface area (Å²) in [5.41, 5.74) is 0.737. The Morgan fingerprint density at radius 3 is 2.45 bits per heavy atom. The number of hydrogen-bond acceptors (Lipinski definition) is 11. The Morgan fingerprint density at radius 2 is 1.75 bits per heavy atom. The number of Topliss-reactive ketones (excluding diaryl/α,β-unsaturated/α-hetero) is 1. The molecular formula is C30H34N3O9PS. The van der Waals surface area contributed by atoms with E-state index < -0.39 is 25.4 Å². The van der Waals surface area contributed by atoms with E-state index in [2.05, 4.69) is 10.0 Å². The number of esters is 1. The molecule has 1 unspecified atom stereocenters. The van der Waals surface area contributed by atoms with E-state index in [-0.39, 0.29) is 49.1 Å². The molecule has 0 spiro atoms. The number of ketones is 1. The van der Waals surface area contributed by atoms with E-state index in [4.69, 9.17) is 18.5 Å². The second kappa shape index (κ2) is 17.8. The molecule has 0 heterocycles. The number of para-hydroxylation sites is 1. The van der Waals surface area contributed by atoms with Gasteiger partial charge in [-0.3, -0.25) is 19.7 Å². The SMILES string of the molecule is CCOC(=O)[C@@H](C)OP(CCNC(=O)CCC(=O)c1cccc(Oc2cc([N+](=O)[O-])ccc2NSC)c1)Oc1ccccc1. The summed E-state index contributed by atoms with van der Waals surface area (Å²) in [5, 5.41) is 14.0. The van der Waals surface area contributed by atoms with Gasteiger partial charge in [0.25, 0.3) is 5.69 Å². The van der Waals surface area contributed by atoms with Gasteiger partial charge in [-0.2, -0.15) is 0 Å². The summed E-state index contributed by atoms with van der Waals surface area (Å²) in [6, 6.07) is 19.6. The average Bonchev–Trinajstić information content (AvgIpc) is 3.01. The van der Waals surface area contributed by atoms with E-state index in [0.717, 1.165) is 0 Å². The van der Waals surface area contributed by atoms with Crippen LogP contribution < -0.4 is 19.3 Å². The van der Waals surface area contributed by atoms with Crippen LogP contribution in [-0.2, 0) is 18.8 Å². The van der Waals surface area contributed by atoms with Crippen molar-refractivity contribution < 1.29 is 37.8 Å². The van der Waals surface area contributed by atoms with Gasteiger partial charge in [-0.15, -0.1) is 0 Å². The molecule has 0 saturated heterocycles. The fourth-order valence-corrected chi connectivity index (χ4v) is 5.43. The van der Waals surface area contributed by atoms with Crippen LogP contribution in [0.4, 0.5) is 11.4 Å². The van der Waals surface area contributed by atoms with Gasteiger partial charge in [-0.05, 0) is 44.2 Å². The van der Waals surface area contributed by atoms with Crippen molar-refractivity contribution in [3.63, 3.8) is 0 Å². The van der Waals surface area contributed by atoms with Crippen LogP contribution in [-0.4, -0.2) is 54.3 Å². The maximum absolute atomic E-state index is 12.9. The molecule has 0 saturated carbocycles. The Labute approximate surface area is 261 Å². The number of nitrogens with one attached hydrogen (secondary N) is 2. The molecule has 1 amide bonds. The zero-order chi connectivity index (χ0) is 31.9. The Morgan fingerprint density at radius 1 is 1.00 bits per heavy atom. The molecule has 0 fully saturated rings. The van der Waals surface area contributed by atoms with Crippen molar-refractivity contribution in [3.05, 3.63) is 88.5 Å². The lowest BCUT2D eigenvalue weighted by molar-refractivity contribution is -0.384. The van der Waals surface area contributed by atoms with Crippen LogP contribution in [0.3, 0.4) is 0 Å². The summed E-state index contributed by atoms with van der Waals surface area (Å²) in [6.45, 7) is 3.72. The van der Waals surface area contributed by atoms with E-state index in [0.29, 0.717) is 28.9 Å². The molecule has 0 bridgehead atoms. The summed E-state index contributed by atoms with van der Waals surface area (Å²) in [6.07, 6.45) is 1.17. The zero-order valence-electron chi connectivity index (χ0n) is 24.5. The van der Waals surface area contributed by atoms with Crippen LogP contribution in [0.1, 0.15) is 37.0 Å². The molecule has 2 N–H and O–H groups in total. The Bertz CT molecular complexity index is 1430. The van der Waals surface area contributed by atoms with Gasteiger partial charge in [0.1, 0.15) is 11.5 Å². The first-order valence-electron chi connectivity index (χ1n) is 13.7. The van der Waals surface area contributed by atoms with Crippen molar-refractivity contribution in [2.45, 2.75) is 32.8 Å². The predicted molar refractivity (Wildman–Crippen MR) is 169 cm³/mol. The van der Waals surface area contributed by atoms with Gasteiger partial charge in [0.2, 0.25) is 14.3 Å². The fourth-order valence-electron chi connectivity index (χ4n) is 3.71. The molecule has 0 aromatic heterocycles. The smallest absolute Gasteiger partial charge is 0.335 e. The number of hydrogen-bond donors (Lipinski definition) is 2. The van der Waals surface area contributed by atoms with Gasteiger partial charge in [0.05, 0.1) is 23.3 Å². The fraction of sp³-hybridized carbons (Fsp3) is 0.300. The number of nitro benzene ring substituents is 1. The maximum atomic E-state index is 12.9. The maximum Gasteiger partial charge on any atom is 0.335 e. The van der Waals surface area contributed by atoms with E-state index in [1.807, 2.05) is 18.2 Å². The van der Waals surface area contributed by atoms with Crippen molar-refractivity contribution in [2.75, 3.05) is 30.3 Å². The topological polar surface area (TPSA) is 155 Å². The second-order valence-corrected chi connectivity index (χ2v) is 11.2. The number of carbonyl (C=O) groups is 3. The molecule has 0 aliphatic carbocycles. The highest BCUT2D eigenvalue weighted by Gasteiger charge is 2.23. The number of nitro groups is 1. The number of benzene rings is 3. The van der Waals surface area contributed by atoms with Gasteiger partial charge in [0, 0.05) is 43.4 Å². The minimum Gasteiger partial charge on any atom is -0.464 e. The normalized spacial score (nSPS) is 12.0. The first-order valence-corrected chi connectivity index (χ1v) is 16.3. The summed E-state index contributed by atoms with van der Waals surface area (Å²) >= 11 is 1.30. The lowest BCUT2D eigenvalue weighted by atomic mass is 10.1. The van der Waals surface area contributed by atoms with E-state index >= 15 is 0 Å². The van der Waals surface area contributed by atoms with Gasteiger partial charge < -0.3 is 28.6 Å². The van der Waals surface area contributed by atoms with Gasteiger partial charge in [-0.25, -0.2) is 4.79 Å². The van der Waals surface area contributed by atoms with E-state index in [1.165, 1.54) is 30.1 Å². The van der Waals surface area contributed by atoms with Crippen LogP contribution in [0.2, 0.25) is 0 Å². The quantitative estimate of drug-likeness (QED) is 0.0389. The number of amides is 1. The average molecular weight is 644 g/mol. The number of non-ortho nitro benzene ring substituents is 1. The Kier molecular flexibility index (Phi) is 13.9. The third kappa shape index (κ3) is 11.1. The third-order valence-electron chi connectivity index (χ3n) is 5.81. The number of nitrogens with zero attached hydrogens (tertiary/aromatic N) is 1. The van der Waals surface area contributed by atoms with Crippen molar-refractivity contribution >= 4 is 49.4 Å². The van der Waals surface area contributed by atoms with Crippen LogP contribution in [0.5, 0.6) is 17.2 Å².